The first-order chi connectivity index (χ1) is 9.69. The molecule has 2 aromatic rings. The second-order valence-corrected chi connectivity index (χ2v) is 4.58. The summed E-state index contributed by atoms with van der Waals surface area (Å²) in [5.41, 5.74) is 2.34. The van der Waals surface area contributed by atoms with Crippen LogP contribution in [0.2, 0.25) is 0 Å². The van der Waals surface area contributed by atoms with E-state index in [-0.39, 0.29) is 11.7 Å². The molecule has 6 heteroatoms. The molecule has 20 heavy (non-hydrogen) atoms. The van der Waals surface area contributed by atoms with Gasteiger partial charge in [0.2, 0.25) is 5.95 Å². The quantitative estimate of drug-likeness (QED) is 0.889. The molecule has 0 bridgehead atoms. The highest BCUT2D eigenvalue weighted by molar-refractivity contribution is 5.90. The SMILES string of the molecule is CCc1ccc([C@@H]2C=C(C(=O)O)Nc3ncnn32)cc1. The van der Waals surface area contributed by atoms with E-state index in [4.69, 9.17) is 5.11 Å². The summed E-state index contributed by atoms with van der Waals surface area (Å²) < 4.78 is 1.67. The Morgan fingerprint density at radius 2 is 2.15 bits per heavy atom. The molecular weight excluding hydrogens is 256 g/mol. The molecule has 0 radical (unpaired) electrons. The molecule has 0 unspecified atom stereocenters. The number of fused-ring (bicyclic) bond motifs is 1. The summed E-state index contributed by atoms with van der Waals surface area (Å²) in [4.78, 5) is 15.2. The molecule has 0 fully saturated rings. The number of hydrogen-bond acceptors (Lipinski definition) is 4. The molecule has 0 amide bonds. The van der Waals surface area contributed by atoms with Gasteiger partial charge < -0.3 is 10.4 Å². The summed E-state index contributed by atoms with van der Waals surface area (Å²) in [7, 11) is 0. The maximum atomic E-state index is 11.2. The van der Waals surface area contributed by atoms with Gasteiger partial charge in [-0.2, -0.15) is 10.1 Å². The highest BCUT2D eigenvalue weighted by Crippen LogP contribution is 2.28. The van der Waals surface area contributed by atoms with E-state index in [9.17, 15) is 4.79 Å². The van der Waals surface area contributed by atoms with Crippen LogP contribution in [0.25, 0.3) is 0 Å². The topological polar surface area (TPSA) is 80.0 Å². The maximum Gasteiger partial charge on any atom is 0.352 e. The van der Waals surface area contributed by atoms with E-state index in [1.54, 1.807) is 10.8 Å². The van der Waals surface area contributed by atoms with Crippen molar-refractivity contribution in [3.8, 4) is 0 Å². The molecule has 1 atom stereocenters. The highest BCUT2D eigenvalue weighted by Gasteiger charge is 2.25. The van der Waals surface area contributed by atoms with E-state index >= 15 is 0 Å². The number of carboxylic acids is 1. The van der Waals surface area contributed by atoms with Crippen molar-refractivity contribution < 1.29 is 9.90 Å². The zero-order chi connectivity index (χ0) is 14.1. The number of hydrogen-bond donors (Lipinski definition) is 2. The zero-order valence-corrected chi connectivity index (χ0v) is 10.9. The normalized spacial score (nSPS) is 17.1. The van der Waals surface area contributed by atoms with Gasteiger partial charge in [0.05, 0.1) is 0 Å². The Kier molecular flexibility index (Phi) is 2.98. The lowest BCUT2D eigenvalue weighted by atomic mass is 10.0. The average Bonchev–Trinajstić information content (AvgIpc) is 2.94. The summed E-state index contributed by atoms with van der Waals surface area (Å²) in [5, 5.41) is 16.1. The Labute approximate surface area is 115 Å². The number of anilines is 1. The van der Waals surface area contributed by atoms with Gasteiger partial charge in [-0.25, -0.2) is 9.48 Å². The van der Waals surface area contributed by atoms with Gasteiger partial charge in [0, 0.05) is 0 Å². The number of aliphatic carboxylic acids is 1. The first kappa shape index (κ1) is 12.4. The number of carboxylic acid groups (broad SMARTS) is 1. The number of aromatic nitrogens is 3. The molecule has 2 heterocycles. The van der Waals surface area contributed by atoms with Gasteiger partial charge in [0.15, 0.2) is 0 Å². The van der Waals surface area contributed by atoms with Gasteiger partial charge >= 0.3 is 5.97 Å². The average molecular weight is 270 g/mol. The standard InChI is InChI=1S/C14H14N4O2/c1-2-9-3-5-10(6-4-9)12-7-11(13(19)20)17-14-15-8-16-18(12)14/h3-8,12H,2H2,1H3,(H,19,20)(H,15,16,17)/t12-/m0/s1. The predicted octanol–water partition coefficient (Wildman–Crippen LogP) is 1.82. The Balaban J connectivity index is 2.04. The van der Waals surface area contributed by atoms with Gasteiger partial charge in [0.25, 0.3) is 0 Å². The molecule has 0 spiro atoms. The largest absolute Gasteiger partial charge is 0.477 e. The van der Waals surface area contributed by atoms with Crippen LogP contribution >= 0.6 is 0 Å². The molecular formula is C14H14N4O2. The van der Waals surface area contributed by atoms with Crippen molar-refractivity contribution in [2.75, 3.05) is 5.32 Å². The molecule has 2 N–H and O–H groups in total. The second kappa shape index (κ2) is 4.80. The van der Waals surface area contributed by atoms with Crippen LogP contribution in [0.4, 0.5) is 5.95 Å². The van der Waals surface area contributed by atoms with Crippen molar-refractivity contribution in [1.29, 1.82) is 0 Å². The number of aryl methyl sites for hydroxylation is 1. The molecule has 1 aromatic carbocycles. The van der Waals surface area contributed by atoms with Crippen molar-refractivity contribution >= 4 is 11.9 Å². The molecule has 1 aliphatic heterocycles. The van der Waals surface area contributed by atoms with Crippen LogP contribution in [-0.2, 0) is 11.2 Å². The fraction of sp³-hybridized carbons (Fsp3) is 0.214. The number of rotatable bonds is 3. The van der Waals surface area contributed by atoms with E-state index in [1.165, 1.54) is 11.9 Å². The Morgan fingerprint density at radius 3 is 2.80 bits per heavy atom. The molecule has 1 aromatic heterocycles. The number of benzene rings is 1. The van der Waals surface area contributed by atoms with E-state index in [2.05, 4.69) is 22.3 Å². The van der Waals surface area contributed by atoms with Crippen molar-refractivity contribution in [1.82, 2.24) is 14.8 Å². The lowest BCUT2D eigenvalue weighted by Gasteiger charge is -2.22. The molecule has 6 nitrogen and oxygen atoms in total. The van der Waals surface area contributed by atoms with E-state index in [0.717, 1.165) is 12.0 Å². The number of carbonyl (C=O) groups is 1. The van der Waals surface area contributed by atoms with Crippen LogP contribution in [-0.4, -0.2) is 25.8 Å². The fourth-order valence-corrected chi connectivity index (χ4v) is 2.25. The Hall–Kier alpha value is -2.63. The van der Waals surface area contributed by atoms with Gasteiger partial charge in [-0.05, 0) is 23.6 Å². The lowest BCUT2D eigenvalue weighted by molar-refractivity contribution is -0.132. The Morgan fingerprint density at radius 1 is 1.40 bits per heavy atom. The first-order valence-corrected chi connectivity index (χ1v) is 6.39. The van der Waals surface area contributed by atoms with Crippen LogP contribution in [0.5, 0.6) is 0 Å². The minimum atomic E-state index is -1.01. The van der Waals surface area contributed by atoms with Gasteiger partial charge in [-0.15, -0.1) is 0 Å². The van der Waals surface area contributed by atoms with Crippen LogP contribution in [0.1, 0.15) is 24.1 Å². The summed E-state index contributed by atoms with van der Waals surface area (Å²) in [6, 6.07) is 7.82. The zero-order valence-electron chi connectivity index (χ0n) is 10.9. The third-order valence-electron chi connectivity index (χ3n) is 3.37. The third-order valence-corrected chi connectivity index (χ3v) is 3.37. The van der Waals surface area contributed by atoms with Crippen LogP contribution < -0.4 is 5.32 Å². The predicted molar refractivity (Wildman–Crippen MR) is 73.3 cm³/mol. The molecule has 0 aliphatic carbocycles. The van der Waals surface area contributed by atoms with Crippen LogP contribution in [0.3, 0.4) is 0 Å². The molecule has 3 rings (SSSR count). The fourth-order valence-electron chi connectivity index (χ4n) is 2.25. The lowest BCUT2D eigenvalue weighted by Crippen LogP contribution is -2.24. The first-order valence-electron chi connectivity index (χ1n) is 6.39. The van der Waals surface area contributed by atoms with Crippen molar-refractivity contribution in [3.05, 3.63) is 53.5 Å². The molecule has 0 saturated carbocycles. The monoisotopic (exact) mass is 270 g/mol. The second-order valence-electron chi connectivity index (χ2n) is 4.58. The highest BCUT2D eigenvalue weighted by atomic mass is 16.4. The minimum Gasteiger partial charge on any atom is -0.477 e. The molecule has 102 valence electrons. The maximum absolute atomic E-state index is 11.2. The smallest absolute Gasteiger partial charge is 0.352 e. The number of nitrogens with zero attached hydrogens (tertiary/aromatic N) is 3. The molecule has 0 saturated heterocycles. The summed E-state index contributed by atoms with van der Waals surface area (Å²) in [6.45, 7) is 2.09. The van der Waals surface area contributed by atoms with Crippen molar-refractivity contribution in [3.63, 3.8) is 0 Å². The van der Waals surface area contributed by atoms with E-state index in [1.807, 2.05) is 24.3 Å². The van der Waals surface area contributed by atoms with Crippen molar-refractivity contribution in [2.24, 2.45) is 0 Å². The van der Waals surface area contributed by atoms with E-state index < -0.39 is 5.97 Å². The van der Waals surface area contributed by atoms with Gasteiger partial charge in [0.1, 0.15) is 18.1 Å². The van der Waals surface area contributed by atoms with E-state index in [0.29, 0.717) is 5.95 Å². The van der Waals surface area contributed by atoms with Crippen LogP contribution in [0.15, 0.2) is 42.4 Å². The third kappa shape index (κ3) is 2.05. The minimum absolute atomic E-state index is 0.120. The number of nitrogens with one attached hydrogen (secondary N) is 1. The summed E-state index contributed by atoms with van der Waals surface area (Å²) in [5.74, 6) is -0.566. The van der Waals surface area contributed by atoms with Gasteiger partial charge in [-0.3, -0.25) is 0 Å². The number of allylic oxidation sites excluding steroid dienone is 1. The summed E-state index contributed by atoms with van der Waals surface area (Å²) in [6.07, 6.45) is 4.02. The summed E-state index contributed by atoms with van der Waals surface area (Å²) >= 11 is 0. The van der Waals surface area contributed by atoms with Crippen LogP contribution in [0, 0.1) is 0 Å². The van der Waals surface area contributed by atoms with Crippen molar-refractivity contribution in [2.45, 2.75) is 19.4 Å². The van der Waals surface area contributed by atoms with Gasteiger partial charge in [-0.1, -0.05) is 31.2 Å². The Bertz CT molecular complexity index is 673. The molecule has 1 aliphatic rings.